The second kappa shape index (κ2) is 2.73. The van der Waals surface area contributed by atoms with Crippen molar-refractivity contribution in [3.8, 4) is 0 Å². The fourth-order valence-corrected chi connectivity index (χ4v) is 2.38. The van der Waals surface area contributed by atoms with Crippen molar-refractivity contribution in [3.05, 3.63) is 0 Å². The van der Waals surface area contributed by atoms with Gasteiger partial charge in [0.25, 0.3) is 0 Å². The molecule has 11 heavy (non-hydrogen) atoms. The lowest BCUT2D eigenvalue weighted by Crippen LogP contribution is -2.47. The Morgan fingerprint density at radius 1 is 1.27 bits per heavy atom. The van der Waals surface area contributed by atoms with E-state index >= 15 is 0 Å². The van der Waals surface area contributed by atoms with Gasteiger partial charge in [-0.3, -0.25) is 0 Å². The molecule has 0 bridgehead atoms. The number of aliphatic hydroxyl groups is 1. The van der Waals surface area contributed by atoms with Crippen LogP contribution in [0.15, 0.2) is 0 Å². The van der Waals surface area contributed by atoms with Crippen LogP contribution in [-0.4, -0.2) is 30.3 Å². The van der Waals surface area contributed by atoms with E-state index in [2.05, 4.69) is 5.32 Å². The van der Waals surface area contributed by atoms with Gasteiger partial charge in [-0.05, 0) is 37.8 Å². The van der Waals surface area contributed by atoms with E-state index in [0.29, 0.717) is 5.92 Å². The first-order valence-corrected chi connectivity index (χ1v) is 4.43. The van der Waals surface area contributed by atoms with Crippen LogP contribution in [-0.2, 0) is 0 Å². The van der Waals surface area contributed by atoms with Crippen LogP contribution in [0.1, 0.15) is 12.8 Å². The second-order valence-electron chi connectivity index (χ2n) is 3.80. The molecule has 0 amide bonds. The van der Waals surface area contributed by atoms with Crippen LogP contribution in [0.3, 0.4) is 0 Å². The zero-order valence-corrected chi connectivity index (χ0v) is 6.66. The van der Waals surface area contributed by atoms with Crippen LogP contribution < -0.4 is 11.1 Å². The summed E-state index contributed by atoms with van der Waals surface area (Å²) in [6, 6.07) is 0.0174. The highest BCUT2D eigenvalue weighted by Gasteiger charge is 2.38. The molecule has 1 heterocycles. The van der Waals surface area contributed by atoms with E-state index in [0.717, 1.165) is 31.8 Å². The van der Waals surface area contributed by atoms with Crippen LogP contribution in [0.25, 0.3) is 0 Å². The smallest absolute Gasteiger partial charge is 0.0694 e. The normalized spacial score (nSPS) is 50.7. The van der Waals surface area contributed by atoms with E-state index in [-0.39, 0.29) is 12.1 Å². The second-order valence-corrected chi connectivity index (χ2v) is 3.80. The van der Waals surface area contributed by atoms with Gasteiger partial charge in [-0.25, -0.2) is 0 Å². The van der Waals surface area contributed by atoms with Crippen LogP contribution in [0.2, 0.25) is 0 Å². The Bertz CT molecular complexity index is 151. The van der Waals surface area contributed by atoms with Crippen molar-refractivity contribution >= 4 is 0 Å². The third kappa shape index (κ3) is 1.17. The van der Waals surface area contributed by atoms with Gasteiger partial charge in [0, 0.05) is 6.04 Å². The van der Waals surface area contributed by atoms with Crippen molar-refractivity contribution in [3.63, 3.8) is 0 Å². The zero-order valence-electron chi connectivity index (χ0n) is 6.66. The lowest BCUT2D eigenvalue weighted by Gasteiger charge is -2.34. The summed E-state index contributed by atoms with van der Waals surface area (Å²) >= 11 is 0. The fourth-order valence-electron chi connectivity index (χ4n) is 2.38. The monoisotopic (exact) mass is 156 g/mol. The Balaban J connectivity index is 2.06. The maximum Gasteiger partial charge on any atom is 0.0694 e. The molecule has 1 aliphatic heterocycles. The lowest BCUT2D eigenvalue weighted by atomic mass is 9.77. The summed E-state index contributed by atoms with van der Waals surface area (Å²) in [7, 11) is 0. The third-order valence-electron chi connectivity index (χ3n) is 3.16. The summed E-state index contributed by atoms with van der Waals surface area (Å²) in [5, 5.41) is 12.8. The molecule has 0 unspecified atom stereocenters. The van der Waals surface area contributed by atoms with Gasteiger partial charge in [-0.2, -0.15) is 0 Å². The van der Waals surface area contributed by atoms with Gasteiger partial charge in [0.2, 0.25) is 0 Å². The van der Waals surface area contributed by atoms with Crippen molar-refractivity contribution < 1.29 is 5.11 Å². The molecule has 2 aliphatic rings. The largest absolute Gasteiger partial charge is 0.392 e. The predicted molar refractivity (Wildman–Crippen MR) is 43.1 cm³/mol. The topological polar surface area (TPSA) is 58.3 Å². The summed E-state index contributed by atoms with van der Waals surface area (Å²) in [6.07, 6.45) is 1.78. The molecule has 4 N–H and O–H groups in total. The molecule has 1 saturated carbocycles. The first-order valence-electron chi connectivity index (χ1n) is 4.43. The molecular formula is C8H16N2O. The van der Waals surface area contributed by atoms with E-state index in [1.54, 1.807) is 0 Å². The van der Waals surface area contributed by atoms with Gasteiger partial charge in [0.15, 0.2) is 0 Å². The molecule has 0 aromatic carbocycles. The molecule has 0 aromatic heterocycles. The van der Waals surface area contributed by atoms with Crippen molar-refractivity contribution in [1.82, 2.24) is 5.32 Å². The Hall–Kier alpha value is -0.120. The Morgan fingerprint density at radius 2 is 2.09 bits per heavy atom. The van der Waals surface area contributed by atoms with Gasteiger partial charge >= 0.3 is 0 Å². The third-order valence-corrected chi connectivity index (χ3v) is 3.16. The lowest BCUT2D eigenvalue weighted by molar-refractivity contribution is 0.0624. The number of nitrogens with one attached hydrogen (secondary N) is 1. The summed E-state index contributed by atoms with van der Waals surface area (Å²) in [4.78, 5) is 0. The summed E-state index contributed by atoms with van der Waals surface area (Å²) < 4.78 is 0. The van der Waals surface area contributed by atoms with Crippen molar-refractivity contribution in [1.29, 1.82) is 0 Å². The standard InChI is InChI=1S/C8H16N2O/c9-8-6-4-10-3-5(6)1-2-7(8)11/h5-8,10-11H,1-4,9H2/t5-,6+,7+,8+/m1/s1. The molecule has 1 aliphatic carbocycles. The summed E-state index contributed by atoms with van der Waals surface area (Å²) in [6.45, 7) is 2.11. The van der Waals surface area contributed by atoms with Crippen molar-refractivity contribution in [2.75, 3.05) is 13.1 Å². The van der Waals surface area contributed by atoms with Gasteiger partial charge < -0.3 is 16.2 Å². The maximum absolute atomic E-state index is 9.47. The first kappa shape index (κ1) is 7.53. The van der Waals surface area contributed by atoms with E-state index in [4.69, 9.17) is 5.73 Å². The number of hydrogen-bond acceptors (Lipinski definition) is 3. The van der Waals surface area contributed by atoms with Crippen LogP contribution in [0, 0.1) is 11.8 Å². The quantitative estimate of drug-likeness (QED) is 0.435. The van der Waals surface area contributed by atoms with Crippen molar-refractivity contribution in [2.24, 2.45) is 17.6 Å². The Kier molecular flexibility index (Phi) is 1.87. The van der Waals surface area contributed by atoms with E-state index < -0.39 is 0 Å². The molecule has 3 heteroatoms. The Morgan fingerprint density at radius 3 is 2.91 bits per heavy atom. The molecule has 2 rings (SSSR count). The molecule has 64 valence electrons. The first-order chi connectivity index (χ1) is 5.29. The average molecular weight is 156 g/mol. The molecular weight excluding hydrogens is 140 g/mol. The molecule has 0 aromatic rings. The average Bonchev–Trinajstić information content (AvgIpc) is 2.45. The van der Waals surface area contributed by atoms with Gasteiger partial charge in [0.05, 0.1) is 6.10 Å². The van der Waals surface area contributed by atoms with Crippen LogP contribution in [0.4, 0.5) is 0 Å². The van der Waals surface area contributed by atoms with Gasteiger partial charge in [0.1, 0.15) is 0 Å². The highest BCUT2D eigenvalue weighted by atomic mass is 16.3. The summed E-state index contributed by atoms with van der Waals surface area (Å²) in [5.41, 5.74) is 5.87. The zero-order chi connectivity index (χ0) is 7.84. The molecule has 2 fully saturated rings. The van der Waals surface area contributed by atoms with E-state index in [9.17, 15) is 5.11 Å². The number of aliphatic hydroxyl groups excluding tert-OH is 1. The SMILES string of the molecule is N[C@H]1[C@H]2CNC[C@H]2CC[C@@H]1O. The molecule has 0 radical (unpaired) electrons. The molecule has 4 atom stereocenters. The van der Waals surface area contributed by atoms with Gasteiger partial charge in [-0.1, -0.05) is 0 Å². The number of hydrogen-bond donors (Lipinski definition) is 3. The highest BCUT2D eigenvalue weighted by Crippen LogP contribution is 2.31. The van der Waals surface area contributed by atoms with Crippen molar-refractivity contribution in [2.45, 2.75) is 25.0 Å². The Labute approximate surface area is 67.0 Å². The molecule has 3 nitrogen and oxygen atoms in total. The van der Waals surface area contributed by atoms with E-state index in [1.807, 2.05) is 0 Å². The molecule has 0 spiro atoms. The predicted octanol–water partition coefficient (Wildman–Crippen LogP) is -0.696. The molecule has 1 saturated heterocycles. The number of rotatable bonds is 0. The van der Waals surface area contributed by atoms with E-state index in [1.165, 1.54) is 0 Å². The minimum atomic E-state index is -0.254. The highest BCUT2D eigenvalue weighted by molar-refractivity contribution is 4.95. The summed E-state index contributed by atoms with van der Waals surface area (Å²) in [5.74, 6) is 1.26. The number of nitrogens with two attached hydrogens (primary N) is 1. The van der Waals surface area contributed by atoms with Crippen LogP contribution >= 0.6 is 0 Å². The fraction of sp³-hybridized carbons (Fsp3) is 1.00. The van der Waals surface area contributed by atoms with Crippen LogP contribution in [0.5, 0.6) is 0 Å². The van der Waals surface area contributed by atoms with Gasteiger partial charge in [-0.15, -0.1) is 0 Å². The minimum Gasteiger partial charge on any atom is -0.392 e. The number of fused-ring (bicyclic) bond motifs is 1. The maximum atomic E-state index is 9.47. The minimum absolute atomic E-state index is 0.0174.